The quantitative estimate of drug-likeness (QED) is 0.669. The Morgan fingerprint density at radius 1 is 1.20 bits per heavy atom. The highest BCUT2D eigenvalue weighted by atomic mass is 32.2. The van der Waals surface area contributed by atoms with Gasteiger partial charge in [0.2, 0.25) is 0 Å². The number of hydrogen-bond donors (Lipinski definition) is 1. The molecule has 0 spiro atoms. The van der Waals surface area contributed by atoms with Crippen molar-refractivity contribution in [2.45, 2.75) is 24.1 Å². The van der Waals surface area contributed by atoms with Gasteiger partial charge in [-0.25, -0.2) is 0 Å². The standard InChI is InChI=1S/C6H5F6NOS/c1-3-2-13-4(15(3)14,5(7,8)9)6(10,11)12/h2,13H,1H3. The molecule has 1 aliphatic rings. The van der Waals surface area contributed by atoms with E-state index in [0.29, 0.717) is 6.20 Å². The Bertz CT molecular complexity index is 315. The van der Waals surface area contributed by atoms with Crippen LogP contribution in [0.1, 0.15) is 6.92 Å². The van der Waals surface area contributed by atoms with Gasteiger partial charge in [-0.3, -0.25) is 4.21 Å². The van der Waals surface area contributed by atoms with Crippen LogP contribution in [-0.4, -0.2) is 21.4 Å². The largest absolute Gasteiger partial charge is 0.433 e. The highest BCUT2D eigenvalue weighted by Crippen LogP contribution is 2.48. The van der Waals surface area contributed by atoms with Crippen molar-refractivity contribution >= 4 is 10.8 Å². The van der Waals surface area contributed by atoms with E-state index >= 15 is 0 Å². The molecule has 1 heterocycles. The van der Waals surface area contributed by atoms with Crippen LogP contribution in [0.4, 0.5) is 26.3 Å². The summed E-state index contributed by atoms with van der Waals surface area (Å²) in [4.78, 5) is -4.87. The van der Waals surface area contributed by atoms with Crippen molar-refractivity contribution in [3.8, 4) is 0 Å². The maximum atomic E-state index is 12.3. The van der Waals surface area contributed by atoms with Crippen molar-refractivity contribution in [1.29, 1.82) is 0 Å². The summed E-state index contributed by atoms with van der Waals surface area (Å²) in [6.07, 6.45) is -10.9. The molecule has 0 aliphatic carbocycles. The minimum Gasteiger partial charge on any atom is -0.359 e. The van der Waals surface area contributed by atoms with Gasteiger partial charge < -0.3 is 5.32 Å². The van der Waals surface area contributed by atoms with Gasteiger partial charge >= 0.3 is 17.2 Å². The van der Waals surface area contributed by atoms with Crippen LogP contribution < -0.4 is 5.32 Å². The summed E-state index contributed by atoms with van der Waals surface area (Å²) in [7, 11) is -3.20. The average Bonchev–Trinajstić information content (AvgIpc) is 2.26. The van der Waals surface area contributed by atoms with Crippen LogP contribution in [0, 0.1) is 0 Å². The zero-order chi connectivity index (χ0) is 12.1. The molecule has 9 heteroatoms. The molecule has 0 saturated heterocycles. The lowest BCUT2D eigenvalue weighted by Crippen LogP contribution is -2.65. The van der Waals surface area contributed by atoms with Crippen molar-refractivity contribution in [2.24, 2.45) is 0 Å². The molecule has 1 atom stereocenters. The highest BCUT2D eigenvalue weighted by molar-refractivity contribution is 7.90. The normalized spacial score (nSPS) is 26.1. The Balaban J connectivity index is 3.32. The molecule has 2 nitrogen and oxygen atoms in total. The Hall–Kier alpha value is -0.730. The predicted molar refractivity (Wildman–Crippen MR) is 39.9 cm³/mol. The molecule has 0 radical (unpaired) electrons. The van der Waals surface area contributed by atoms with Gasteiger partial charge in [-0.15, -0.1) is 0 Å². The molecule has 88 valence electrons. The van der Waals surface area contributed by atoms with E-state index in [1.54, 1.807) is 0 Å². The van der Waals surface area contributed by atoms with Crippen LogP contribution in [-0.2, 0) is 10.8 Å². The SMILES string of the molecule is CC1=CNC(C(F)(F)F)(C(F)(F)F)S1=O. The Labute approximate surface area is 82.8 Å². The van der Waals surface area contributed by atoms with Gasteiger partial charge in [0.15, 0.2) is 0 Å². The zero-order valence-corrected chi connectivity index (χ0v) is 7.98. The third kappa shape index (κ3) is 1.52. The van der Waals surface area contributed by atoms with E-state index in [2.05, 4.69) is 0 Å². The molecular formula is C6H5F6NOS. The summed E-state index contributed by atoms with van der Waals surface area (Å²) in [5.41, 5.74) is 0. The molecule has 15 heavy (non-hydrogen) atoms. The van der Waals surface area contributed by atoms with Crippen molar-refractivity contribution in [3.05, 3.63) is 11.1 Å². The van der Waals surface area contributed by atoms with E-state index < -0.39 is 32.9 Å². The lowest BCUT2D eigenvalue weighted by Gasteiger charge is -2.32. The minimum absolute atomic E-state index is 0.469. The van der Waals surface area contributed by atoms with Gasteiger partial charge in [-0.1, -0.05) is 0 Å². The number of halogens is 6. The lowest BCUT2D eigenvalue weighted by atomic mass is 10.2. The Kier molecular flexibility index (Phi) is 2.57. The lowest BCUT2D eigenvalue weighted by molar-refractivity contribution is -0.270. The Morgan fingerprint density at radius 2 is 1.60 bits per heavy atom. The molecule has 1 rings (SSSR count). The molecule has 0 aromatic heterocycles. The summed E-state index contributed by atoms with van der Waals surface area (Å²) in [6.45, 7) is 0.933. The second kappa shape index (κ2) is 3.13. The summed E-state index contributed by atoms with van der Waals surface area (Å²) in [5, 5.41) is 1.14. The zero-order valence-electron chi connectivity index (χ0n) is 7.16. The molecule has 1 N–H and O–H groups in total. The molecular weight excluding hydrogens is 248 g/mol. The fraction of sp³-hybridized carbons (Fsp3) is 0.667. The van der Waals surface area contributed by atoms with E-state index in [0.717, 1.165) is 12.2 Å². The van der Waals surface area contributed by atoms with E-state index in [4.69, 9.17) is 0 Å². The van der Waals surface area contributed by atoms with Crippen LogP contribution >= 0.6 is 0 Å². The number of rotatable bonds is 0. The van der Waals surface area contributed by atoms with Gasteiger partial charge in [0.25, 0.3) is 0 Å². The number of hydrogen-bond acceptors (Lipinski definition) is 2. The molecule has 0 aromatic carbocycles. The van der Waals surface area contributed by atoms with Crippen LogP contribution in [0.5, 0.6) is 0 Å². The maximum absolute atomic E-state index is 12.3. The summed E-state index contributed by atoms with van der Waals surface area (Å²) >= 11 is 0. The van der Waals surface area contributed by atoms with Crippen LogP contribution in [0.15, 0.2) is 11.1 Å². The van der Waals surface area contributed by atoms with Gasteiger partial charge in [0.05, 0.1) is 10.8 Å². The highest BCUT2D eigenvalue weighted by Gasteiger charge is 2.76. The van der Waals surface area contributed by atoms with Crippen LogP contribution in [0.2, 0.25) is 0 Å². The van der Waals surface area contributed by atoms with Crippen molar-refractivity contribution in [1.82, 2.24) is 5.32 Å². The molecule has 0 aromatic rings. The van der Waals surface area contributed by atoms with E-state index in [1.165, 1.54) is 0 Å². The molecule has 0 bridgehead atoms. The van der Waals surface area contributed by atoms with E-state index in [1.807, 2.05) is 0 Å². The van der Waals surface area contributed by atoms with Crippen molar-refractivity contribution in [2.75, 3.05) is 0 Å². The van der Waals surface area contributed by atoms with Gasteiger partial charge in [-0.2, -0.15) is 26.3 Å². The monoisotopic (exact) mass is 253 g/mol. The van der Waals surface area contributed by atoms with Crippen LogP contribution in [0.25, 0.3) is 0 Å². The van der Waals surface area contributed by atoms with Gasteiger partial charge in [0.1, 0.15) is 0 Å². The minimum atomic E-state index is -5.68. The third-order valence-corrected chi connectivity index (χ3v) is 3.69. The first kappa shape index (κ1) is 12.3. The first-order chi connectivity index (χ1) is 6.54. The number of nitrogens with one attached hydrogen (secondary N) is 1. The number of alkyl halides is 6. The van der Waals surface area contributed by atoms with Crippen molar-refractivity contribution < 1.29 is 30.6 Å². The fourth-order valence-electron chi connectivity index (χ4n) is 1.09. The molecule has 1 aliphatic heterocycles. The summed E-state index contributed by atoms with van der Waals surface area (Å²) < 4.78 is 85.0. The van der Waals surface area contributed by atoms with Gasteiger partial charge in [-0.05, 0) is 6.92 Å². The Morgan fingerprint density at radius 3 is 1.73 bits per heavy atom. The molecule has 1 unspecified atom stereocenters. The second-order valence-corrected chi connectivity index (χ2v) is 4.64. The smallest absolute Gasteiger partial charge is 0.359 e. The predicted octanol–water partition coefficient (Wildman–Crippen LogP) is 2.02. The summed E-state index contributed by atoms with van der Waals surface area (Å²) in [5.74, 6) is 0. The van der Waals surface area contributed by atoms with E-state index in [-0.39, 0.29) is 0 Å². The van der Waals surface area contributed by atoms with Gasteiger partial charge in [0, 0.05) is 11.1 Å². The summed E-state index contributed by atoms with van der Waals surface area (Å²) in [6, 6.07) is 0. The molecule has 0 saturated carbocycles. The average molecular weight is 253 g/mol. The maximum Gasteiger partial charge on any atom is 0.433 e. The van der Waals surface area contributed by atoms with Crippen molar-refractivity contribution in [3.63, 3.8) is 0 Å². The third-order valence-electron chi connectivity index (χ3n) is 1.85. The fourth-order valence-corrected chi connectivity index (χ4v) is 2.32. The topological polar surface area (TPSA) is 29.1 Å². The second-order valence-electron chi connectivity index (χ2n) is 2.84. The van der Waals surface area contributed by atoms with E-state index in [9.17, 15) is 30.6 Å². The first-order valence-corrected chi connectivity index (χ1v) is 4.69. The molecule has 0 amide bonds. The number of allylic oxidation sites excluding steroid dienone is 1. The first-order valence-electron chi connectivity index (χ1n) is 3.54. The molecule has 0 fully saturated rings. The van der Waals surface area contributed by atoms with Crippen LogP contribution in [0.3, 0.4) is 0 Å².